The number of amides is 2. The maximum atomic E-state index is 13.2. The smallest absolute Gasteiger partial charge is 0.231 e. The van der Waals surface area contributed by atoms with Crippen molar-refractivity contribution >= 4 is 17.8 Å². The summed E-state index contributed by atoms with van der Waals surface area (Å²) in [6, 6.07) is 7.42. The first kappa shape index (κ1) is 22.6. The molecule has 2 aliphatic heterocycles. The van der Waals surface area contributed by atoms with E-state index in [1.165, 1.54) is 4.90 Å². The van der Waals surface area contributed by atoms with Gasteiger partial charge in [0.2, 0.25) is 11.8 Å². The van der Waals surface area contributed by atoms with Crippen molar-refractivity contribution in [3.05, 3.63) is 29.8 Å². The zero-order chi connectivity index (χ0) is 23.3. The molecule has 32 heavy (non-hydrogen) atoms. The molecule has 3 aliphatic rings. The van der Waals surface area contributed by atoms with E-state index in [9.17, 15) is 9.59 Å². The van der Waals surface area contributed by atoms with E-state index >= 15 is 0 Å². The highest BCUT2D eigenvalue weighted by atomic mass is 16.5. The molecule has 1 aromatic rings. The van der Waals surface area contributed by atoms with Crippen LogP contribution in [0.25, 0.3) is 0 Å². The van der Waals surface area contributed by atoms with Crippen molar-refractivity contribution in [1.82, 2.24) is 15.5 Å². The summed E-state index contributed by atoms with van der Waals surface area (Å²) >= 11 is 0. The Morgan fingerprint density at radius 3 is 2.78 bits per heavy atom. The summed E-state index contributed by atoms with van der Waals surface area (Å²) < 4.78 is 11.5. The lowest BCUT2D eigenvalue weighted by molar-refractivity contribution is -0.132. The number of carbonyl (C=O) groups is 2. The Morgan fingerprint density at radius 1 is 1.38 bits per heavy atom. The largest absolute Gasteiger partial charge is 0.485 e. The molecule has 1 aromatic carbocycles. The van der Waals surface area contributed by atoms with E-state index in [4.69, 9.17) is 14.9 Å². The summed E-state index contributed by atoms with van der Waals surface area (Å²) in [5, 5.41) is 14.6. The molecule has 1 saturated heterocycles. The molecule has 0 spiro atoms. The predicted molar refractivity (Wildman–Crippen MR) is 120 cm³/mol. The Bertz CT molecular complexity index is 912. The summed E-state index contributed by atoms with van der Waals surface area (Å²) in [6.07, 6.45) is 1.67. The second kappa shape index (κ2) is 8.06. The highest BCUT2D eigenvalue weighted by Gasteiger charge is 2.51. The fourth-order valence-corrected chi connectivity index (χ4v) is 5.20. The number of fused-ring (bicyclic) bond motifs is 1. The third kappa shape index (κ3) is 4.33. The van der Waals surface area contributed by atoms with Crippen molar-refractivity contribution < 1.29 is 19.1 Å². The van der Waals surface area contributed by atoms with Crippen LogP contribution in [0.4, 0.5) is 0 Å². The number of hydrogen-bond donors (Lipinski definition) is 3. The third-order valence-electron chi connectivity index (χ3n) is 6.82. The van der Waals surface area contributed by atoms with E-state index in [0.29, 0.717) is 25.9 Å². The number of benzene rings is 1. The molecule has 0 aromatic heterocycles. The minimum atomic E-state index is -0.523. The van der Waals surface area contributed by atoms with E-state index in [2.05, 4.69) is 10.6 Å². The molecule has 2 amide bonds. The van der Waals surface area contributed by atoms with E-state index < -0.39 is 11.1 Å². The fourth-order valence-electron chi connectivity index (χ4n) is 5.20. The zero-order valence-electron chi connectivity index (χ0n) is 19.5. The molecular formula is C24H34N4O4. The number of hydrogen-bond acceptors (Lipinski definition) is 5. The van der Waals surface area contributed by atoms with Gasteiger partial charge in [0.1, 0.15) is 11.4 Å². The number of nitrogens with one attached hydrogen (secondary N) is 3. The molecule has 8 heteroatoms. The number of ether oxygens (including phenoxy) is 2. The minimum absolute atomic E-state index is 0.00685. The van der Waals surface area contributed by atoms with Crippen molar-refractivity contribution in [1.29, 1.82) is 5.41 Å². The van der Waals surface area contributed by atoms with Crippen LogP contribution in [-0.4, -0.2) is 53.6 Å². The molecular weight excluding hydrogens is 408 g/mol. The van der Waals surface area contributed by atoms with Crippen molar-refractivity contribution in [2.75, 3.05) is 13.7 Å². The standard InChI is InChI=1S/C24H34N4O4/c1-14(28-20(29)12-23(2,3)27-22(28)25)16-10-17(16)21(30)26-18-11-24(4,13-31-5)32-19-9-7-6-8-15(18)19/h6-9,14,16-18H,10-13H2,1-5H3,(H2,25,27)(H,26,30)/t14-,16+,17-,18?,24?/m1/s1. The number of para-hydroxylation sites is 1. The molecule has 1 saturated carbocycles. The Morgan fingerprint density at radius 2 is 2.09 bits per heavy atom. The van der Waals surface area contributed by atoms with Gasteiger partial charge >= 0.3 is 0 Å². The SMILES string of the molecule is COCC1(C)CC(NC(=O)[C@@H]2C[C@H]2[C@@H](C)N2C(=N)NC(C)(C)CC2=O)c2ccccc2O1. The molecule has 0 bridgehead atoms. The van der Waals surface area contributed by atoms with Crippen LogP contribution >= 0.6 is 0 Å². The Hall–Kier alpha value is -2.61. The lowest BCUT2D eigenvalue weighted by atomic mass is 9.88. The van der Waals surface area contributed by atoms with Gasteiger partial charge in [0.05, 0.1) is 12.6 Å². The first-order valence-corrected chi connectivity index (χ1v) is 11.3. The third-order valence-corrected chi connectivity index (χ3v) is 6.82. The highest BCUT2D eigenvalue weighted by Crippen LogP contribution is 2.45. The van der Waals surface area contributed by atoms with Crippen molar-refractivity contribution in [3.63, 3.8) is 0 Å². The minimum Gasteiger partial charge on any atom is -0.485 e. The van der Waals surface area contributed by atoms with Gasteiger partial charge in [0, 0.05) is 43.0 Å². The predicted octanol–water partition coefficient (Wildman–Crippen LogP) is 2.59. The van der Waals surface area contributed by atoms with Gasteiger partial charge in [0.25, 0.3) is 0 Å². The summed E-state index contributed by atoms with van der Waals surface area (Å²) in [4.78, 5) is 27.4. The molecule has 4 rings (SSSR count). The van der Waals surface area contributed by atoms with Gasteiger partial charge in [0.15, 0.2) is 5.96 Å². The quantitative estimate of drug-likeness (QED) is 0.628. The van der Waals surface area contributed by atoms with Gasteiger partial charge < -0.3 is 20.1 Å². The molecule has 1 aliphatic carbocycles. The van der Waals surface area contributed by atoms with Crippen molar-refractivity contribution in [2.24, 2.45) is 11.8 Å². The lowest BCUT2D eigenvalue weighted by Crippen LogP contribution is -2.62. The van der Waals surface area contributed by atoms with E-state index in [0.717, 1.165) is 11.3 Å². The first-order valence-electron chi connectivity index (χ1n) is 11.3. The molecule has 2 heterocycles. The van der Waals surface area contributed by atoms with Gasteiger partial charge in [-0.05, 0) is 46.1 Å². The normalized spacial score (nSPS) is 31.8. The van der Waals surface area contributed by atoms with Gasteiger partial charge in [-0.25, -0.2) is 0 Å². The number of methoxy groups -OCH3 is 1. The first-order chi connectivity index (χ1) is 15.0. The molecule has 8 nitrogen and oxygen atoms in total. The van der Waals surface area contributed by atoms with Gasteiger partial charge in [-0.15, -0.1) is 0 Å². The van der Waals surface area contributed by atoms with E-state index in [1.54, 1.807) is 7.11 Å². The average molecular weight is 443 g/mol. The molecule has 3 N–H and O–H groups in total. The number of rotatable bonds is 6. The van der Waals surface area contributed by atoms with Gasteiger partial charge in [-0.1, -0.05) is 18.2 Å². The Balaban J connectivity index is 1.43. The van der Waals surface area contributed by atoms with Crippen LogP contribution in [-0.2, 0) is 14.3 Å². The second-order valence-electron chi connectivity index (χ2n) is 10.3. The summed E-state index contributed by atoms with van der Waals surface area (Å²) in [6.45, 7) is 8.19. The summed E-state index contributed by atoms with van der Waals surface area (Å²) in [5.74, 6) is 0.703. The maximum Gasteiger partial charge on any atom is 0.231 e. The van der Waals surface area contributed by atoms with Crippen LogP contribution in [0.2, 0.25) is 0 Å². The van der Waals surface area contributed by atoms with Crippen LogP contribution in [0.15, 0.2) is 24.3 Å². The van der Waals surface area contributed by atoms with Crippen LogP contribution < -0.4 is 15.4 Å². The number of nitrogens with zero attached hydrogens (tertiary/aromatic N) is 1. The van der Waals surface area contributed by atoms with E-state index in [-0.39, 0.29) is 41.7 Å². The summed E-state index contributed by atoms with van der Waals surface area (Å²) in [7, 11) is 1.65. The number of carbonyl (C=O) groups excluding carboxylic acids is 2. The monoisotopic (exact) mass is 442 g/mol. The van der Waals surface area contributed by atoms with Crippen molar-refractivity contribution in [2.45, 2.75) is 70.2 Å². The molecule has 2 unspecified atom stereocenters. The van der Waals surface area contributed by atoms with Crippen LogP contribution in [0.3, 0.4) is 0 Å². The highest BCUT2D eigenvalue weighted by molar-refractivity contribution is 5.99. The van der Waals surface area contributed by atoms with Gasteiger partial charge in [-0.3, -0.25) is 19.9 Å². The van der Waals surface area contributed by atoms with Gasteiger partial charge in [-0.2, -0.15) is 0 Å². The van der Waals surface area contributed by atoms with Crippen LogP contribution in [0, 0.1) is 17.2 Å². The molecule has 5 atom stereocenters. The zero-order valence-corrected chi connectivity index (χ0v) is 19.5. The number of guanidine groups is 1. The fraction of sp³-hybridized carbons (Fsp3) is 0.625. The molecule has 2 fully saturated rings. The maximum absolute atomic E-state index is 13.2. The lowest BCUT2D eigenvalue weighted by Gasteiger charge is -2.41. The van der Waals surface area contributed by atoms with Crippen molar-refractivity contribution in [3.8, 4) is 5.75 Å². The Labute approximate surface area is 189 Å². The van der Waals surface area contributed by atoms with Crippen LogP contribution in [0.5, 0.6) is 5.75 Å². The second-order valence-corrected chi connectivity index (χ2v) is 10.3. The topological polar surface area (TPSA) is 104 Å². The molecule has 0 radical (unpaired) electrons. The molecule has 174 valence electrons. The van der Waals surface area contributed by atoms with E-state index in [1.807, 2.05) is 52.0 Å². The average Bonchev–Trinajstić information content (AvgIpc) is 3.47. The summed E-state index contributed by atoms with van der Waals surface area (Å²) in [5.41, 5.74) is 0.0280. The van der Waals surface area contributed by atoms with Crippen LogP contribution in [0.1, 0.15) is 58.6 Å². The Kier molecular flexibility index (Phi) is 5.69.